The van der Waals surface area contributed by atoms with Gasteiger partial charge in [0.1, 0.15) is 5.84 Å². The number of benzene rings is 2. The lowest BCUT2D eigenvalue weighted by Gasteiger charge is -2.37. The van der Waals surface area contributed by atoms with Gasteiger partial charge in [-0.25, -0.2) is 4.99 Å². The molecule has 4 nitrogen and oxygen atoms in total. The van der Waals surface area contributed by atoms with Crippen LogP contribution in [0, 0.1) is 0 Å². The fourth-order valence-corrected chi connectivity index (χ4v) is 3.98. The fraction of sp³-hybridized carbons (Fsp3) is 0.318. The van der Waals surface area contributed by atoms with Gasteiger partial charge >= 0.3 is 0 Å². The van der Waals surface area contributed by atoms with E-state index in [1.165, 1.54) is 5.56 Å². The third kappa shape index (κ3) is 5.33. The summed E-state index contributed by atoms with van der Waals surface area (Å²) in [6.45, 7) is 4.58. The van der Waals surface area contributed by atoms with Crippen molar-refractivity contribution in [2.75, 3.05) is 39.3 Å². The van der Waals surface area contributed by atoms with E-state index >= 15 is 0 Å². The van der Waals surface area contributed by atoms with Crippen LogP contribution in [0.3, 0.4) is 0 Å². The minimum atomic E-state index is 0. The number of hydrogen-bond donors (Lipinski definition) is 1. The molecule has 0 amide bonds. The molecule has 7 heteroatoms. The van der Waals surface area contributed by atoms with Crippen molar-refractivity contribution in [2.45, 2.75) is 6.42 Å². The Morgan fingerprint density at radius 1 is 0.931 bits per heavy atom. The van der Waals surface area contributed by atoms with Crippen LogP contribution in [0.4, 0.5) is 5.69 Å². The van der Waals surface area contributed by atoms with Crippen LogP contribution in [0.1, 0.15) is 11.1 Å². The zero-order valence-corrected chi connectivity index (χ0v) is 18.5. The molecule has 1 fully saturated rings. The molecule has 2 aromatic rings. The minimum absolute atomic E-state index is 0. The molecule has 0 saturated carbocycles. The summed E-state index contributed by atoms with van der Waals surface area (Å²) in [7, 11) is 0. The summed E-state index contributed by atoms with van der Waals surface area (Å²) in [6, 6.07) is 16.3. The Labute approximate surface area is 189 Å². The Kier molecular flexibility index (Phi) is 9.00. The van der Waals surface area contributed by atoms with E-state index in [9.17, 15) is 5.11 Å². The molecule has 29 heavy (non-hydrogen) atoms. The lowest BCUT2D eigenvalue weighted by Crippen LogP contribution is -2.49. The Morgan fingerprint density at radius 2 is 1.62 bits per heavy atom. The minimum Gasteiger partial charge on any atom is -0.395 e. The van der Waals surface area contributed by atoms with Crippen LogP contribution in [-0.2, 0) is 6.42 Å². The van der Waals surface area contributed by atoms with E-state index < -0.39 is 0 Å². The van der Waals surface area contributed by atoms with Crippen molar-refractivity contribution in [1.82, 2.24) is 9.80 Å². The highest BCUT2D eigenvalue weighted by atomic mass is 35.5. The molecule has 0 spiro atoms. The summed E-state index contributed by atoms with van der Waals surface area (Å²) < 4.78 is 0. The predicted octanol–water partition coefficient (Wildman–Crippen LogP) is 4.46. The van der Waals surface area contributed by atoms with Gasteiger partial charge in [-0.05, 0) is 24.1 Å². The molecule has 2 aromatic carbocycles. The molecule has 156 valence electrons. The average molecular weight is 455 g/mol. The SMILES string of the molecule is Cl.Cl.OCCN1CCN(C2=Nc3ccccc3CC=C2c2ccccc2Cl)CC1. The second-order valence-electron chi connectivity index (χ2n) is 6.92. The first-order valence-corrected chi connectivity index (χ1v) is 9.84. The number of fused-ring (bicyclic) bond motifs is 1. The fourth-order valence-electron chi connectivity index (χ4n) is 3.75. The standard InChI is InChI=1S/C22H24ClN3O.2ClH/c23-20-7-3-2-6-18(20)19-10-9-17-5-1-4-8-21(17)24-22(19)26-13-11-25(12-14-26)15-16-27;;/h1-8,10,27H,9,11-16H2;2*1H. The van der Waals surface area contributed by atoms with Crippen molar-refractivity contribution in [3.05, 3.63) is 70.8 Å². The molecule has 2 heterocycles. The second-order valence-corrected chi connectivity index (χ2v) is 7.33. The summed E-state index contributed by atoms with van der Waals surface area (Å²) in [5.74, 6) is 0.997. The molecule has 2 aliphatic heterocycles. The summed E-state index contributed by atoms with van der Waals surface area (Å²) >= 11 is 6.54. The van der Waals surface area contributed by atoms with E-state index in [0.29, 0.717) is 0 Å². The average Bonchev–Trinajstić information content (AvgIpc) is 2.89. The van der Waals surface area contributed by atoms with Crippen molar-refractivity contribution in [3.8, 4) is 0 Å². The number of piperazine rings is 1. The van der Waals surface area contributed by atoms with Crippen LogP contribution >= 0.6 is 36.4 Å². The summed E-state index contributed by atoms with van der Waals surface area (Å²) in [4.78, 5) is 9.73. The molecule has 0 bridgehead atoms. The van der Waals surface area contributed by atoms with Crippen LogP contribution in [0.5, 0.6) is 0 Å². The van der Waals surface area contributed by atoms with E-state index in [-0.39, 0.29) is 31.4 Å². The monoisotopic (exact) mass is 453 g/mol. The lowest BCUT2D eigenvalue weighted by atomic mass is 10.0. The molecule has 0 aromatic heterocycles. The van der Waals surface area contributed by atoms with Gasteiger partial charge in [0.05, 0.1) is 12.3 Å². The van der Waals surface area contributed by atoms with Crippen LogP contribution < -0.4 is 0 Å². The Bertz CT molecular complexity index is 877. The molecule has 0 radical (unpaired) electrons. The van der Waals surface area contributed by atoms with Gasteiger partial charge in [0.15, 0.2) is 0 Å². The van der Waals surface area contributed by atoms with Crippen LogP contribution in [-0.4, -0.2) is 60.1 Å². The van der Waals surface area contributed by atoms with Crippen molar-refractivity contribution in [1.29, 1.82) is 0 Å². The molecule has 1 N–H and O–H groups in total. The number of halogens is 3. The third-order valence-corrected chi connectivity index (χ3v) is 5.57. The maximum Gasteiger partial charge on any atom is 0.136 e. The van der Waals surface area contributed by atoms with Crippen LogP contribution in [0.2, 0.25) is 5.02 Å². The summed E-state index contributed by atoms with van der Waals surface area (Å²) in [5, 5.41) is 9.95. The zero-order chi connectivity index (χ0) is 18.6. The number of aliphatic hydroxyl groups is 1. The lowest BCUT2D eigenvalue weighted by molar-refractivity contribution is 0.148. The molecular formula is C22H26Cl3N3O. The Morgan fingerprint density at radius 3 is 2.34 bits per heavy atom. The Balaban J connectivity index is 0.00000150. The van der Waals surface area contributed by atoms with Gasteiger partial charge in [-0.1, -0.05) is 54.1 Å². The molecule has 0 atom stereocenters. The molecular weight excluding hydrogens is 429 g/mol. The first kappa shape index (κ1) is 23.7. The molecule has 1 saturated heterocycles. The number of rotatable bonds is 3. The van der Waals surface area contributed by atoms with E-state index in [1.807, 2.05) is 24.3 Å². The summed E-state index contributed by atoms with van der Waals surface area (Å²) in [6.07, 6.45) is 3.10. The first-order chi connectivity index (χ1) is 13.3. The number of hydrogen-bond acceptors (Lipinski definition) is 4. The van der Waals surface area contributed by atoms with E-state index in [0.717, 1.165) is 66.8 Å². The topological polar surface area (TPSA) is 39.1 Å². The smallest absolute Gasteiger partial charge is 0.136 e. The van der Waals surface area contributed by atoms with Crippen molar-refractivity contribution < 1.29 is 5.11 Å². The zero-order valence-electron chi connectivity index (χ0n) is 16.1. The van der Waals surface area contributed by atoms with Crippen molar-refractivity contribution in [2.24, 2.45) is 4.99 Å². The van der Waals surface area contributed by atoms with E-state index in [2.05, 4.69) is 40.1 Å². The molecule has 4 rings (SSSR count). The maximum absolute atomic E-state index is 9.20. The van der Waals surface area contributed by atoms with E-state index in [1.54, 1.807) is 0 Å². The first-order valence-electron chi connectivity index (χ1n) is 9.46. The van der Waals surface area contributed by atoms with Gasteiger partial charge in [-0.15, -0.1) is 24.8 Å². The van der Waals surface area contributed by atoms with Gasteiger partial charge in [-0.3, -0.25) is 4.90 Å². The van der Waals surface area contributed by atoms with Crippen molar-refractivity contribution in [3.63, 3.8) is 0 Å². The van der Waals surface area contributed by atoms with E-state index in [4.69, 9.17) is 16.6 Å². The number of aliphatic imine (C=N–C) groups is 1. The normalized spacial score (nSPS) is 16.6. The molecule has 0 unspecified atom stereocenters. The van der Waals surface area contributed by atoms with Crippen LogP contribution in [0.25, 0.3) is 5.57 Å². The third-order valence-electron chi connectivity index (χ3n) is 5.24. The summed E-state index contributed by atoms with van der Waals surface area (Å²) in [5.41, 5.74) is 4.40. The van der Waals surface area contributed by atoms with Crippen LogP contribution in [0.15, 0.2) is 59.6 Å². The Hall–Kier alpha value is -1.56. The van der Waals surface area contributed by atoms with Crippen molar-refractivity contribution >= 4 is 53.5 Å². The highest BCUT2D eigenvalue weighted by Crippen LogP contribution is 2.32. The van der Waals surface area contributed by atoms with Gasteiger partial charge in [0.2, 0.25) is 0 Å². The number of β-amino-alcohol motifs (C(OH)–C–C–N with tert-alkyl or cyclic N) is 1. The van der Waals surface area contributed by atoms with Gasteiger partial charge in [0.25, 0.3) is 0 Å². The molecule has 0 aliphatic carbocycles. The quantitative estimate of drug-likeness (QED) is 0.744. The number of allylic oxidation sites excluding steroid dienone is 1. The second kappa shape index (κ2) is 11.0. The molecule has 2 aliphatic rings. The van der Waals surface area contributed by atoms with Gasteiger partial charge < -0.3 is 10.0 Å². The number of amidine groups is 1. The maximum atomic E-state index is 9.20. The predicted molar refractivity (Wildman–Crippen MR) is 126 cm³/mol. The largest absolute Gasteiger partial charge is 0.395 e. The highest BCUT2D eigenvalue weighted by Gasteiger charge is 2.25. The van der Waals surface area contributed by atoms with Gasteiger partial charge in [-0.2, -0.15) is 0 Å². The highest BCUT2D eigenvalue weighted by molar-refractivity contribution is 6.35. The van der Waals surface area contributed by atoms with Gasteiger partial charge in [0, 0.05) is 48.9 Å². The number of aliphatic hydroxyl groups excluding tert-OH is 1. The number of para-hydroxylation sites is 1. The number of nitrogens with zero attached hydrogens (tertiary/aromatic N) is 3.